The smallest absolute Gasteiger partial charge is 0.334 e. The number of benzene rings is 3. The molecule has 0 radical (unpaired) electrons. The van der Waals surface area contributed by atoms with Crippen molar-refractivity contribution in [2.75, 3.05) is 39.3 Å². The quantitative estimate of drug-likeness (QED) is 0.273. The fourth-order valence-electron chi connectivity index (χ4n) is 7.25. The van der Waals surface area contributed by atoms with E-state index in [0.717, 1.165) is 26.2 Å². The Hall–Kier alpha value is -3.91. The first kappa shape index (κ1) is 31.5. The lowest BCUT2D eigenvalue weighted by Gasteiger charge is -2.45. The zero-order valence-electron chi connectivity index (χ0n) is 25.5. The molecular formula is C36H40ClN3O4. The fourth-order valence-corrected chi connectivity index (χ4v) is 7.44. The first-order valence-corrected chi connectivity index (χ1v) is 15.6. The molecule has 0 saturated carbocycles. The van der Waals surface area contributed by atoms with E-state index in [0.29, 0.717) is 35.1 Å². The van der Waals surface area contributed by atoms with E-state index in [4.69, 9.17) is 11.6 Å². The van der Waals surface area contributed by atoms with Gasteiger partial charge in [0.1, 0.15) is 0 Å². The van der Waals surface area contributed by atoms with Crippen LogP contribution in [0.25, 0.3) is 0 Å². The van der Waals surface area contributed by atoms with Gasteiger partial charge in [-0.25, -0.2) is 9.59 Å². The fraction of sp³-hybridized carbons (Fsp3) is 0.333. The van der Waals surface area contributed by atoms with Crippen molar-refractivity contribution in [1.82, 2.24) is 14.7 Å². The minimum Gasteiger partial charge on any atom is -0.478 e. The molecule has 0 atom stereocenters. The molecule has 2 heterocycles. The van der Waals surface area contributed by atoms with Gasteiger partial charge in [0.15, 0.2) is 0 Å². The first-order valence-electron chi connectivity index (χ1n) is 15.2. The van der Waals surface area contributed by atoms with Gasteiger partial charge in [0.25, 0.3) is 0 Å². The molecule has 2 aliphatic rings. The van der Waals surface area contributed by atoms with Crippen molar-refractivity contribution in [3.63, 3.8) is 0 Å². The highest BCUT2D eigenvalue weighted by Gasteiger charge is 2.50. The second kappa shape index (κ2) is 13.4. The summed E-state index contributed by atoms with van der Waals surface area (Å²) in [5, 5.41) is 21.5. The van der Waals surface area contributed by atoms with Crippen LogP contribution in [0.15, 0.2) is 107 Å². The molecule has 0 aliphatic carbocycles. The van der Waals surface area contributed by atoms with Gasteiger partial charge in [-0.2, -0.15) is 0 Å². The normalized spacial score (nSPS) is 17.8. The van der Waals surface area contributed by atoms with E-state index in [2.05, 4.69) is 58.3 Å². The highest BCUT2D eigenvalue weighted by molar-refractivity contribution is 6.30. The van der Waals surface area contributed by atoms with Crippen LogP contribution >= 0.6 is 11.6 Å². The Morgan fingerprint density at radius 1 is 0.773 bits per heavy atom. The zero-order chi connectivity index (χ0) is 31.4. The zero-order valence-corrected chi connectivity index (χ0v) is 26.3. The molecule has 2 aliphatic heterocycles. The number of hydrogen-bond acceptors (Lipinski definition) is 5. The first-order chi connectivity index (χ1) is 21.2. The summed E-state index contributed by atoms with van der Waals surface area (Å²) in [5.41, 5.74) is 3.08. The monoisotopic (exact) mass is 613 g/mol. The van der Waals surface area contributed by atoms with Gasteiger partial charge >= 0.3 is 11.9 Å². The maximum absolute atomic E-state index is 12.9. The van der Waals surface area contributed by atoms with Gasteiger partial charge in [0.2, 0.25) is 0 Å². The average molecular weight is 614 g/mol. The lowest BCUT2D eigenvalue weighted by molar-refractivity contribution is -0.134. The van der Waals surface area contributed by atoms with Gasteiger partial charge < -0.3 is 15.1 Å². The highest BCUT2D eigenvalue weighted by atomic mass is 35.5. The number of piperazine rings is 1. The maximum atomic E-state index is 12.9. The second-order valence-electron chi connectivity index (χ2n) is 11.6. The van der Waals surface area contributed by atoms with Crippen LogP contribution in [0.4, 0.5) is 0 Å². The van der Waals surface area contributed by atoms with Gasteiger partial charge in [0.05, 0.1) is 22.6 Å². The SMILES string of the molecule is CCC1(c2cccc(Cl)c2)C(C(=O)O)=C(C)N(CCN2CCN(C(c3ccccc3)c3ccccc3)CC2)C(C)=C1C(=O)O. The van der Waals surface area contributed by atoms with E-state index >= 15 is 0 Å². The maximum Gasteiger partial charge on any atom is 0.334 e. The van der Waals surface area contributed by atoms with E-state index in [1.54, 1.807) is 38.1 Å². The number of carboxylic acids is 2. The minimum atomic E-state index is -1.33. The molecule has 2 N–H and O–H groups in total. The number of nitrogens with zero attached hydrogens (tertiary/aromatic N) is 3. The van der Waals surface area contributed by atoms with Gasteiger partial charge in [-0.05, 0) is 49.1 Å². The number of halogens is 1. The second-order valence-corrected chi connectivity index (χ2v) is 12.0. The van der Waals surface area contributed by atoms with E-state index in [1.165, 1.54) is 11.1 Å². The Kier molecular flexibility index (Phi) is 9.59. The standard InChI is InChI=1S/C36H40ClN3O4/c1-4-36(29-16-11-17-30(37)24-29)31(34(41)42)25(2)40(26(3)32(36)35(43)44)23-20-38-18-21-39(22-19-38)33(27-12-7-5-8-13-27)28-14-9-6-10-15-28/h5-17,24,33H,4,18-23H2,1-3H3,(H,41,42)(H,43,44). The van der Waals surface area contributed by atoms with Gasteiger partial charge in [0, 0.05) is 55.7 Å². The molecule has 44 heavy (non-hydrogen) atoms. The average Bonchev–Trinajstić information content (AvgIpc) is 3.02. The van der Waals surface area contributed by atoms with Crippen LogP contribution in [0, 0.1) is 0 Å². The molecular weight excluding hydrogens is 574 g/mol. The summed E-state index contributed by atoms with van der Waals surface area (Å²) in [7, 11) is 0. The molecule has 1 saturated heterocycles. The summed E-state index contributed by atoms with van der Waals surface area (Å²) >= 11 is 6.33. The molecule has 8 heteroatoms. The minimum absolute atomic E-state index is 0.0867. The summed E-state index contributed by atoms with van der Waals surface area (Å²) in [6, 6.07) is 28.2. The van der Waals surface area contributed by atoms with Crippen molar-refractivity contribution < 1.29 is 19.8 Å². The van der Waals surface area contributed by atoms with Crippen LogP contribution in [0.1, 0.15) is 49.9 Å². The van der Waals surface area contributed by atoms with Crippen LogP contribution in [-0.2, 0) is 15.0 Å². The summed E-state index contributed by atoms with van der Waals surface area (Å²) in [6.45, 7) is 10.1. The Balaban J connectivity index is 1.38. The van der Waals surface area contributed by atoms with Crippen LogP contribution in [0.2, 0.25) is 5.02 Å². The van der Waals surface area contributed by atoms with Crippen LogP contribution < -0.4 is 0 Å². The van der Waals surface area contributed by atoms with E-state index in [-0.39, 0.29) is 23.6 Å². The van der Waals surface area contributed by atoms with Gasteiger partial charge in [-0.1, -0.05) is 91.3 Å². The molecule has 0 spiro atoms. The van der Waals surface area contributed by atoms with E-state index < -0.39 is 17.4 Å². The van der Waals surface area contributed by atoms with Crippen molar-refractivity contribution in [1.29, 1.82) is 0 Å². The summed E-state index contributed by atoms with van der Waals surface area (Å²) in [6.07, 6.45) is 0.269. The number of hydrogen-bond donors (Lipinski definition) is 2. The van der Waals surface area contributed by atoms with Crippen molar-refractivity contribution in [3.8, 4) is 0 Å². The van der Waals surface area contributed by atoms with E-state index in [1.807, 2.05) is 24.0 Å². The molecule has 0 unspecified atom stereocenters. The predicted molar refractivity (Wildman–Crippen MR) is 174 cm³/mol. The molecule has 1 fully saturated rings. The van der Waals surface area contributed by atoms with E-state index in [9.17, 15) is 19.8 Å². The highest BCUT2D eigenvalue weighted by Crippen LogP contribution is 2.50. The Morgan fingerprint density at radius 2 is 1.30 bits per heavy atom. The third kappa shape index (κ3) is 5.92. The lowest BCUT2D eigenvalue weighted by Crippen LogP contribution is -2.50. The van der Waals surface area contributed by atoms with Crippen molar-refractivity contribution >= 4 is 23.5 Å². The molecule has 0 aromatic heterocycles. The Bertz CT molecular complexity index is 1480. The summed E-state index contributed by atoms with van der Waals surface area (Å²) < 4.78 is 0. The lowest BCUT2D eigenvalue weighted by atomic mass is 9.64. The Morgan fingerprint density at radius 3 is 1.75 bits per heavy atom. The predicted octanol–water partition coefficient (Wildman–Crippen LogP) is 6.43. The third-order valence-corrected chi connectivity index (χ3v) is 9.54. The molecule has 7 nitrogen and oxygen atoms in total. The van der Waals surface area contributed by atoms with Crippen LogP contribution in [0.3, 0.4) is 0 Å². The Labute approximate surface area is 264 Å². The van der Waals surface area contributed by atoms with Gasteiger partial charge in [-0.3, -0.25) is 9.80 Å². The molecule has 5 rings (SSSR count). The summed E-state index contributed by atoms with van der Waals surface area (Å²) in [5.74, 6) is -2.25. The van der Waals surface area contributed by atoms with Crippen molar-refractivity contribution in [3.05, 3.63) is 129 Å². The number of allylic oxidation sites excluding steroid dienone is 2. The number of carbonyl (C=O) groups is 2. The number of aliphatic carboxylic acids is 2. The molecule has 3 aromatic rings. The third-order valence-electron chi connectivity index (χ3n) is 9.30. The molecule has 0 bridgehead atoms. The topological polar surface area (TPSA) is 84.3 Å². The molecule has 3 aromatic carbocycles. The van der Waals surface area contributed by atoms with Crippen molar-refractivity contribution in [2.45, 2.75) is 38.6 Å². The number of carboxylic acid groups (broad SMARTS) is 2. The largest absolute Gasteiger partial charge is 0.478 e. The van der Waals surface area contributed by atoms with Gasteiger partial charge in [-0.15, -0.1) is 0 Å². The molecule has 0 amide bonds. The summed E-state index contributed by atoms with van der Waals surface area (Å²) in [4.78, 5) is 32.6. The van der Waals surface area contributed by atoms with Crippen molar-refractivity contribution in [2.24, 2.45) is 0 Å². The van der Waals surface area contributed by atoms with Crippen LogP contribution in [-0.4, -0.2) is 76.1 Å². The van der Waals surface area contributed by atoms with Crippen LogP contribution in [0.5, 0.6) is 0 Å². The number of rotatable bonds is 10. The molecule has 230 valence electrons.